The molecule has 0 saturated carbocycles. The molecule has 2 rings (SSSR count). The van der Waals surface area contributed by atoms with Gasteiger partial charge in [0.05, 0.1) is 11.3 Å². The maximum Gasteiger partial charge on any atom is 0.252 e. The molecule has 0 aromatic carbocycles. The predicted molar refractivity (Wildman–Crippen MR) is 68.2 cm³/mol. The molecule has 2 aromatic heterocycles. The van der Waals surface area contributed by atoms with E-state index in [9.17, 15) is 4.79 Å². The van der Waals surface area contributed by atoms with Gasteiger partial charge in [-0.25, -0.2) is 0 Å². The van der Waals surface area contributed by atoms with Gasteiger partial charge in [-0.15, -0.1) is 0 Å². The monoisotopic (exact) mass is 244 g/mol. The molecule has 0 bridgehead atoms. The smallest absolute Gasteiger partial charge is 0.252 e. The van der Waals surface area contributed by atoms with Crippen molar-refractivity contribution in [3.63, 3.8) is 0 Å². The Labute approximate surface area is 106 Å². The van der Waals surface area contributed by atoms with Crippen molar-refractivity contribution in [2.45, 2.75) is 13.3 Å². The van der Waals surface area contributed by atoms with Crippen molar-refractivity contribution in [1.82, 2.24) is 20.1 Å². The molecular weight excluding hydrogens is 228 g/mol. The van der Waals surface area contributed by atoms with Gasteiger partial charge in [0, 0.05) is 38.1 Å². The van der Waals surface area contributed by atoms with Gasteiger partial charge >= 0.3 is 0 Å². The molecule has 0 fully saturated rings. The van der Waals surface area contributed by atoms with E-state index >= 15 is 0 Å². The lowest BCUT2D eigenvalue weighted by atomic mass is 10.2. The summed E-state index contributed by atoms with van der Waals surface area (Å²) in [5.74, 6) is -0.101. The number of carbonyl (C=O) groups is 1. The minimum Gasteiger partial charge on any atom is -0.352 e. The standard InChI is InChI=1S/C13H16N4O/c1-10-8-12(16-17(10)2)5-7-15-13(18)11-4-3-6-14-9-11/h3-4,6,8-9H,5,7H2,1-2H3,(H,15,18). The highest BCUT2D eigenvalue weighted by molar-refractivity contribution is 5.93. The molecule has 18 heavy (non-hydrogen) atoms. The first-order valence-corrected chi connectivity index (χ1v) is 5.84. The fourth-order valence-corrected chi connectivity index (χ4v) is 1.66. The molecule has 0 spiro atoms. The fourth-order valence-electron chi connectivity index (χ4n) is 1.66. The molecule has 5 nitrogen and oxygen atoms in total. The van der Waals surface area contributed by atoms with Gasteiger partial charge in [-0.1, -0.05) is 0 Å². The zero-order chi connectivity index (χ0) is 13.0. The molecule has 0 unspecified atom stereocenters. The summed E-state index contributed by atoms with van der Waals surface area (Å²) in [5, 5.41) is 7.18. The lowest BCUT2D eigenvalue weighted by Gasteiger charge is -2.03. The highest BCUT2D eigenvalue weighted by atomic mass is 16.1. The topological polar surface area (TPSA) is 59.8 Å². The Bertz CT molecular complexity index is 514. The second-order valence-corrected chi connectivity index (χ2v) is 4.15. The first-order valence-electron chi connectivity index (χ1n) is 5.84. The molecule has 0 radical (unpaired) electrons. The van der Waals surface area contributed by atoms with Crippen LogP contribution in [0, 0.1) is 6.92 Å². The highest BCUT2D eigenvalue weighted by Crippen LogP contribution is 2.01. The van der Waals surface area contributed by atoms with E-state index in [0.29, 0.717) is 12.1 Å². The average molecular weight is 244 g/mol. The number of nitrogens with zero attached hydrogens (tertiary/aromatic N) is 3. The van der Waals surface area contributed by atoms with Crippen molar-refractivity contribution < 1.29 is 4.79 Å². The van der Waals surface area contributed by atoms with Crippen molar-refractivity contribution >= 4 is 5.91 Å². The first kappa shape index (κ1) is 12.3. The maximum absolute atomic E-state index is 11.7. The van der Waals surface area contributed by atoms with Crippen molar-refractivity contribution in [2.24, 2.45) is 7.05 Å². The van der Waals surface area contributed by atoms with Crippen LogP contribution in [0.2, 0.25) is 0 Å². The molecule has 2 aromatic rings. The van der Waals surface area contributed by atoms with E-state index in [2.05, 4.69) is 15.4 Å². The van der Waals surface area contributed by atoms with Crippen molar-refractivity contribution in [3.05, 3.63) is 47.5 Å². The van der Waals surface area contributed by atoms with E-state index in [1.807, 2.05) is 24.7 Å². The van der Waals surface area contributed by atoms with Gasteiger partial charge in [0.2, 0.25) is 0 Å². The number of aryl methyl sites for hydroxylation is 2. The molecule has 94 valence electrons. The van der Waals surface area contributed by atoms with Crippen LogP contribution in [0.15, 0.2) is 30.6 Å². The van der Waals surface area contributed by atoms with Crippen LogP contribution < -0.4 is 5.32 Å². The Kier molecular flexibility index (Phi) is 3.72. The van der Waals surface area contributed by atoms with Crippen molar-refractivity contribution in [2.75, 3.05) is 6.54 Å². The zero-order valence-electron chi connectivity index (χ0n) is 10.6. The molecule has 5 heteroatoms. The number of pyridine rings is 1. The summed E-state index contributed by atoms with van der Waals surface area (Å²) in [6, 6.07) is 5.51. The molecule has 2 heterocycles. The van der Waals surface area contributed by atoms with E-state index in [4.69, 9.17) is 0 Å². The first-order chi connectivity index (χ1) is 8.66. The number of hydrogen-bond acceptors (Lipinski definition) is 3. The van der Waals surface area contributed by atoms with E-state index < -0.39 is 0 Å². The maximum atomic E-state index is 11.7. The van der Waals surface area contributed by atoms with Gasteiger partial charge in [0.15, 0.2) is 0 Å². The SMILES string of the molecule is Cc1cc(CCNC(=O)c2cccnc2)nn1C. The summed E-state index contributed by atoms with van der Waals surface area (Å²) in [7, 11) is 1.91. The van der Waals surface area contributed by atoms with Crippen molar-refractivity contribution in [3.8, 4) is 0 Å². The lowest BCUT2D eigenvalue weighted by molar-refractivity contribution is 0.0953. The van der Waals surface area contributed by atoms with Crippen molar-refractivity contribution in [1.29, 1.82) is 0 Å². The van der Waals surface area contributed by atoms with E-state index in [0.717, 1.165) is 17.8 Å². The number of rotatable bonds is 4. The van der Waals surface area contributed by atoms with Gasteiger partial charge < -0.3 is 5.32 Å². The lowest BCUT2D eigenvalue weighted by Crippen LogP contribution is -2.25. The zero-order valence-corrected chi connectivity index (χ0v) is 10.6. The Morgan fingerprint density at radius 3 is 2.94 bits per heavy atom. The van der Waals surface area contributed by atoms with Crippen LogP contribution >= 0.6 is 0 Å². The van der Waals surface area contributed by atoms with Crippen LogP contribution in [0.1, 0.15) is 21.7 Å². The molecule has 1 amide bonds. The normalized spacial score (nSPS) is 10.3. The summed E-state index contributed by atoms with van der Waals surface area (Å²) in [5.41, 5.74) is 2.68. The summed E-state index contributed by atoms with van der Waals surface area (Å²) in [6.45, 7) is 2.58. The molecule has 0 aliphatic carbocycles. The number of carbonyl (C=O) groups excluding carboxylic acids is 1. The minimum atomic E-state index is -0.101. The van der Waals surface area contributed by atoms with Gasteiger partial charge in [0.1, 0.15) is 0 Å². The number of nitrogens with one attached hydrogen (secondary N) is 1. The Hall–Kier alpha value is -2.17. The summed E-state index contributed by atoms with van der Waals surface area (Å²) < 4.78 is 1.83. The Balaban J connectivity index is 1.84. The van der Waals surface area contributed by atoms with Gasteiger partial charge in [0.25, 0.3) is 5.91 Å². The van der Waals surface area contributed by atoms with E-state index in [-0.39, 0.29) is 5.91 Å². The second kappa shape index (κ2) is 5.44. The van der Waals surface area contributed by atoms with Crippen LogP contribution in [0.25, 0.3) is 0 Å². The van der Waals surface area contributed by atoms with E-state index in [1.165, 1.54) is 0 Å². The van der Waals surface area contributed by atoms with Gasteiger partial charge in [-0.3, -0.25) is 14.5 Å². The molecule has 0 aliphatic heterocycles. The number of aromatic nitrogens is 3. The molecule has 1 N–H and O–H groups in total. The summed E-state index contributed by atoms with van der Waals surface area (Å²) in [4.78, 5) is 15.6. The summed E-state index contributed by atoms with van der Waals surface area (Å²) in [6.07, 6.45) is 3.93. The molecule has 0 atom stereocenters. The third-order valence-corrected chi connectivity index (χ3v) is 2.75. The number of amides is 1. The third-order valence-electron chi connectivity index (χ3n) is 2.75. The highest BCUT2D eigenvalue weighted by Gasteiger charge is 2.05. The predicted octanol–water partition coefficient (Wildman–Crippen LogP) is 1.10. The number of hydrogen-bond donors (Lipinski definition) is 1. The van der Waals surface area contributed by atoms with E-state index in [1.54, 1.807) is 24.5 Å². The Morgan fingerprint density at radius 2 is 2.33 bits per heavy atom. The quantitative estimate of drug-likeness (QED) is 0.876. The average Bonchev–Trinajstić information content (AvgIpc) is 2.69. The van der Waals surface area contributed by atoms with Gasteiger partial charge in [-0.05, 0) is 25.1 Å². The molecular formula is C13H16N4O. The minimum absolute atomic E-state index is 0.101. The van der Waals surface area contributed by atoms with Crippen LogP contribution in [-0.2, 0) is 13.5 Å². The van der Waals surface area contributed by atoms with Gasteiger partial charge in [-0.2, -0.15) is 5.10 Å². The van der Waals surface area contributed by atoms with Crippen LogP contribution in [-0.4, -0.2) is 27.2 Å². The summed E-state index contributed by atoms with van der Waals surface area (Å²) >= 11 is 0. The molecule has 0 aliphatic rings. The van der Waals surface area contributed by atoms with Crippen LogP contribution in [0.3, 0.4) is 0 Å². The Morgan fingerprint density at radius 1 is 1.50 bits per heavy atom. The fraction of sp³-hybridized carbons (Fsp3) is 0.308. The second-order valence-electron chi connectivity index (χ2n) is 4.15. The third kappa shape index (κ3) is 2.94. The largest absolute Gasteiger partial charge is 0.352 e. The van der Waals surface area contributed by atoms with Crippen LogP contribution in [0.5, 0.6) is 0 Å². The molecule has 0 saturated heterocycles. The van der Waals surface area contributed by atoms with Crippen LogP contribution in [0.4, 0.5) is 0 Å².